The fourth-order valence-corrected chi connectivity index (χ4v) is 4.35. The largest absolute Gasteiger partial charge is 0.458 e. The van der Waals surface area contributed by atoms with Gasteiger partial charge < -0.3 is 13.9 Å². The molecule has 0 aromatic rings. The molecule has 7 nitrogen and oxygen atoms in total. The van der Waals surface area contributed by atoms with Crippen LogP contribution in [0.5, 0.6) is 0 Å². The van der Waals surface area contributed by atoms with Crippen LogP contribution in [-0.2, 0) is 23.5 Å². The van der Waals surface area contributed by atoms with Gasteiger partial charge in [-0.1, -0.05) is 0 Å². The second kappa shape index (κ2) is 6.00. The van der Waals surface area contributed by atoms with E-state index < -0.39 is 44.7 Å². The third kappa shape index (κ3) is 3.32. The third-order valence-electron chi connectivity index (χ3n) is 3.85. The number of ketones is 1. The lowest BCUT2D eigenvalue weighted by molar-refractivity contribution is -0.151. The molecule has 2 bridgehead atoms. The molecular formula is C14H23NO6Si. The molecule has 2 rings (SSSR count). The average Bonchev–Trinajstić information content (AvgIpc) is 2.55. The molecule has 0 aromatic heterocycles. The van der Waals surface area contributed by atoms with Crippen LogP contribution >= 0.6 is 0 Å². The Bertz CT molecular complexity index is 488. The summed E-state index contributed by atoms with van der Waals surface area (Å²) >= 11 is 0. The number of nitrogens with zero attached hydrogens (tertiary/aromatic N) is 1. The first-order chi connectivity index (χ1) is 10.1. The number of carbonyl (C=O) groups is 3. The van der Waals surface area contributed by atoms with Crippen LogP contribution in [-0.4, -0.2) is 62.5 Å². The molecule has 0 saturated carbocycles. The zero-order valence-corrected chi connectivity index (χ0v) is 14.6. The summed E-state index contributed by atoms with van der Waals surface area (Å²) in [6.07, 6.45) is -1.25. The monoisotopic (exact) mass is 329 g/mol. The quantitative estimate of drug-likeness (QED) is 0.574. The number of hydrogen-bond acceptors (Lipinski definition) is 6. The van der Waals surface area contributed by atoms with E-state index in [0.29, 0.717) is 0 Å². The van der Waals surface area contributed by atoms with E-state index in [9.17, 15) is 14.4 Å². The molecule has 8 heteroatoms. The molecule has 4 atom stereocenters. The van der Waals surface area contributed by atoms with Crippen LogP contribution in [0.25, 0.3) is 0 Å². The molecular weight excluding hydrogens is 306 g/mol. The molecule has 22 heavy (non-hydrogen) atoms. The number of ether oxygens (including phenoxy) is 2. The lowest BCUT2D eigenvalue weighted by atomic mass is 10.0. The van der Waals surface area contributed by atoms with Gasteiger partial charge in [-0.25, -0.2) is 4.79 Å². The molecule has 124 valence electrons. The second-order valence-corrected chi connectivity index (χ2v) is 11.2. The van der Waals surface area contributed by atoms with Crippen molar-refractivity contribution in [3.8, 4) is 0 Å². The summed E-state index contributed by atoms with van der Waals surface area (Å²) in [4.78, 5) is 37.0. The molecule has 2 heterocycles. The third-order valence-corrected chi connectivity index (χ3v) is 4.83. The normalized spacial score (nSPS) is 31.1. The van der Waals surface area contributed by atoms with Crippen LogP contribution in [0.4, 0.5) is 4.79 Å². The molecule has 0 spiro atoms. The van der Waals surface area contributed by atoms with E-state index in [0.717, 1.165) is 0 Å². The van der Waals surface area contributed by atoms with Crippen LogP contribution in [0.15, 0.2) is 0 Å². The lowest BCUT2D eigenvalue weighted by Gasteiger charge is -2.33. The Morgan fingerprint density at radius 1 is 1.14 bits per heavy atom. The Morgan fingerprint density at radius 2 is 1.68 bits per heavy atom. The van der Waals surface area contributed by atoms with Crippen LogP contribution < -0.4 is 0 Å². The van der Waals surface area contributed by atoms with E-state index in [1.54, 1.807) is 0 Å². The average molecular weight is 329 g/mol. The number of rotatable bonds is 3. The minimum absolute atomic E-state index is 0.0500. The highest BCUT2D eigenvalue weighted by atomic mass is 28.4. The van der Waals surface area contributed by atoms with E-state index in [-0.39, 0.29) is 18.6 Å². The van der Waals surface area contributed by atoms with Gasteiger partial charge in [0.05, 0.1) is 19.2 Å². The summed E-state index contributed by atoms with van der Waals surface area (Å²) in [6.45, 7) is 7.37. The van der Waals surface area contributed by atoms with Crippen molar-refractivity contribution in [2.75, 3.05) is 7.11 Å². The van der Waals surface area contributed by atoms with Crippen molar-refractivity contribution < 1.29 is 28.3 Å². The van der Waals surface area contributed by atoms with Crippen molar-refractivity contribution >= 4 is 26.2 Å². The molecule has 2 fully saturated rings. The van der Waals surface area contributed by atoms with Crippen molar-refractivity contribution in [2.45, 2.75) is 63.7 Å². The summed E-state index contributed by atoms with van der Waals surface area (Å²) in [6, 6.07) is -0.946. The summed E-state index contributed by atoms with van der Waals surface area (Å²) in [5, 5.41) is 0. The first-order valence-corrected chi connectivity index (χ1v) is 10.8. The predicted molar refractivity (Wildman–Crippen MR) is 79.8 cm³/mol. The maximum Gasteiger partial charge on any atom is 0.410 e. The van der Waals surface area contributed by atoms with E-state index in [2.05, 4.69) is 0 Å². The zero-order valence-electron chi connectivity index (χ0n) is 13.6. The Kier molecular flexibility index (Phi) is 4.62. The lowest BCUT2D eigenvalue weighted by Crippen LogP contribution is -2.50. The first-order valence-electron chi connectivity index (χ1n) is 7.37. The van der Waals surface area contributed by atoms with Gasteiger partial charge in [0.15, 0.2) is 8.32 Å². The van der Waals surface area contributed by atoms with Gasteiger partial charge in [-0.15, -0.1) is 0 Å². The van der Waals surface area contributed by atoms with Crippen molar-refractivity contribution in [1.29, 1.82) is 0 Å². The molecule has 0 radical (unpaired) electrons. The fourth-order valence-electron chi connectivity index (χ4n) is 3.25. The number of piperidine rings is 1. The standard InChI is InChI=1S/C14H23NO6Si/c1-8(16)20-12-10-6-9(17)7-11(15(10)14(18)19-2)13(12)21-22(3,4)5/h10-13H,6-7H2,1-5H3/t10-,11+,12-,13+/m0/s1. The van der Waals surface area contributed by atoms with Gasteiger partial charge in [0, 0.05) is 19.8 Å². The molecule has 0 aromatic carbocycles. The summed E-state index contributed by atoms with van der Waals surface area (Å²) in [7, 11) is -0.654. The van der Waals surface area contributed by atoms with Gasteiger partial charge in [-0.05, 0) is 19.6 Å². The second-order valence-electron chi connectivity index (χ2n) is 6.73. The Hall–Kier alpha value is -1.41. The number of Topliss-reactive ketones (excluding diaryl/α,β-unsaturated/α-hetero) is 1. The van der Waals surface area contributed by atoms with Gasteiger partial charge in [-0.2, -0.15) is 0 Å². The van der Waals surface area contributed by atoms with Gasteiger partial charge >= 0.3 is 12.1 Å². The SMILES string of the molecule is COC(=O)N1[C@@H]2CC(=O)C[C@H]1[C@H](OC(C)=O)[C@@H]2O[Si](C)(C)C. The van der Waals surface area contributed by atoms with Crippen LogP contribution in [0.2, 0.25) is 19.6 Å². The predicted octanol–water partition coefficient (Wildman–Crippen LogP) is 1.32. The Morgan fingerprint density at radius 3 is 2.14 bits per heavy atom. The van der Waals surface area contributed by atoms with Crippen molar-refractivity contribution in [1.82, 2.24) is 4.90 Å². The highest BCUT2D eigenvalue weighted by Crippen LogP contribution is 2.39. The smallest absolute Gasteiger partial charge is 0.410 e. The zero-order chi connectivity index (χ0) is 16.7. The van der Waals surface area contributed by atoms with E-state index in [1.165, 1.54) is 18.9 Å². The molecule has 1 amide bonds. The number of fused-ring (bicyclic) bond motifs is 2. The Balaban J connectivity index is 2.37. The van der Waals surface area contributed by atoms with Crippen molar-refractivity contribution in [2.24, 2.45) is 0 Å². The molecule has 2 aliphatic heterocycles. The number of methoxy groups -OCH3 is 1. The van der Waals surface area contributed by atoms with Crippen LogP contribution in [0, 0.1) is 0 Å². The summed E-state index contributed by atoms with van der Waals surface area (Å²) < 4.78 is 16.4. The van der Waals surface area contributed by atoms with Gasteiger partial charge in [0.1, 0.15) is 18.0 Å². The topological polar surface area (TPSA) is 82.1 Å². The molecule has 0 unspecified atom stereocenters. The maximum atomic E-state index is 12.1. The molecule has 0 aliphatic carbocycles. The first kappa shape index (κ1) is 16.9. The van der Waals surface area contributed by atoms with E-state index in [1.807, 2.05) is 19.6 Å². The van der Waals surface area contributed by atoms with Gasteiger partial charge in [0.25, 0.3) is 0 Å². The highest BCUT2D eigenvalue weighted by Gasteiger charge is 2.58. The summed E-state index contributed by atoms with van der Waals surface area (Å²) in [5.41, 5.74) is 0. The van der Waals surface area contributed by atoms with Crippen LogP contribution in [0.3, 0.4) is 0 Å². The number of carbonyl (C=O) groups excluding carboxylic acids is 3. The van der Waals surface area contributed by atoms with Gasteiger partial charge in [-0.3, -0.25) is 14.5 Å². The Labute approximate surface area is 131 Å². The van der Waals surface area contributed by atoms with Crippen molar-refractivity contribution in [3.63, 3.8) is 0 Å². The van der Waals surface area contributed by atoms with Gasteiger partial charge in [0.2, 0.25) is 0 Å². The summed E-state index contributed by atoms with van der Waals surface area (Å²) in [5.74, 6) is -0.395. The minimum Gasteiger partial charge on any atom is -0.458 e. The minimum atomic E-state index is -1.95. The number of hydrogen-bond donors (Lipinski definition) is 0. The molecule has 2 aliphatic rings. The number of esters is 1. The van der Waals surface area contributed by atoms with E-state index >= 15 is 0 Å². The maximum absolute atomic E-state index is 12.1. The van der Waals surface area contributed by atoms with E-state index in [4.69, 9.17) is 13.9 Å². The van der Waals surface area contributed by atoms with Crippen molar-refractivity contribution in [3.05, 3.63) is 0 Å². The molecule has 2 saturated heterocycles. The molecule has 0 N–H and O–H groups in total. The highest BCUT2D eigenvalue weighted by molar-refractivity contribution is 6.69. The number of amides is 1. The van der Waals surface area contributed by atoms with Crippen LogP contribution in [0.1, 0.15) is 19.8 Å². The fraction of sp³-hybridized carbons (Fsp3) is 0.786.